The van der Waals surface area contributed by atoms with Crippen LogP contribution < -0.4 is 10.6 Å². The van der Waals surface area contributed by atoms with Gasteiger partial charge < -0.3 is 10.6 Å². The number of nitrogens with two attached hydrogens (primary N) is 1. The zero-order valence-electron chi connectivity index (χ0n) is 12.8. The van der Waals surface area contributed by atoms with Gasteiger partial charge in [0.25, 0.3) is 0 Å². The lowest BCUT2D eigenvalue weighted by Gasteiger charge is -2.32. The van der Waals surface area contributed by atoms with Crippen molar-refractivity contribution in [3.8, 4) is 0 Å². The second kappa shape index (κ2) is 6.25. The Balaban J connectivity index is 2.34. The molecule has 0 unspecified atom stereocenters. The molecule has 1 aromatic rings. The summed E-state index contributed by atoms with van der Waals surface area (Å²) in [5, 5.41) is 7.65. The SMILES string of the molecule is Cc1cc(C(=N)N)cc(N(CC(C)C)C2CCCC2)n1. The molecule has 1 aliphatic carbocycles. The van der Waals surface area contributed by atoms with Crippen LogP contribution in [0.4, 0.5) is 5.82 Å². The van der Waals surface area contributed by atoms with Crippen molar-refractivity contribution in [3.63, 3.8) is 0 Å². The number of hydrogen-bond acceptors (Lipinski definition) is 3. The van der Waals surface area contributed by atoms with Gasteiger partial charge in [-0.05, 0) is 37.8 Å². The van der Waals surface area contributed by atoms with Gasteiger partial charge in [0.2, 0.25) is 0 Å². The Hall–Kier alpha value is -1.58. The van der Waals surface area contributed by atoms with Gasteiger partial charge in [-0.2, -0.15) is 0 Å². The number of anilines is 1. The average Bonchev–Trinajstić information content (AvgIpc) is 2.88. The molecule has 0 amide bonds. The van der Waals surface area contributed by atoms with Crippen molar-refractivity contribution >= 4 is 11.7 Å². The molecular formula is C16H26N4. The normalized spacial score (nSPS) is 15.8. The summed E-state index contributed by atoms with van der Waals surface area (Å²) in [7, 11) is 0. The highest BCUT2D eigenvalue weighted by atomic mass is 15.2. The number of nitrogen functional groups attached to an aromatic ring is 1. The van der Waals surface area contributed by atoms with E-state index in [0.29, 0.717) is 12.0 Å². The number of rotatable bonds is 5. The van der Waals surface area contributed by atoms with E-state index in [0.717, 1.165) is 23.6 Å². The van der Waals surface area contributed by atoms with E-state index in [1.165, 1.54) is 25.7 Å². The number of amidine groups is 1. The Morgan fingerprint density at radius 1 is 1.40 bits per heavy atom. The molecule has 4 nitrogen and oxygen atoms in total. The summed E-state index contributed by atoms with van der Waals surface area (Å²) < 4.78 is 0. The molecule has 0 spiro atoms. The van der Waals surface area contributed by atoms with Crippen LogP contribution in [-0.2, 0) is 0 Å². The summed E-state index contributed by atoms with van der Waals surface area (Å²) in [4.78, 5) is 7.12. The minimum Gasteiger partial charge on any atom is -0.384 e. The standard InChI is InChI=1S/C16H26N4/c1-11(2)10-20(14-6-4-5-7-14)15-9-13(16(17)18)8-12(3)19-15/h8-9,11,14H,4-7,10H2,1-3H3,(H3,17,18). The topological polar surface area (TPSA) is 66.0 Å². The molecule has 0 radical (unpaired) electrons. The highest BCUT2D eigenvalue weighted by molar-refractivity contribution is 5.95. The molecule has 1 aromatic heterocycles. The van der Waals surface area contributed by atoms with E-state index >= 15 is 0 Å². The van der Waals surface area contributed by atoms with Crippen LogP contribution >= 0.6 is 0 Å². The van der Waals surface area contributed by atoms with Crippen LogP contribution in [0.3, 0.4) is 0 Å². The first-order chi connectivity index (χ1) is 9.47. The monoisotopic (exact) mass is 274 g/mol. The highest BCUT2D eigenvalue weighted by Gasteiger charge is 2.24. The van der Waals surface area contributed by atoms with Gasteiger partial charge in [0.1, 0.15) is 11.7 Å². The van der Waals surface area contributed by atoms with Crippen LogP contribution in [0.15, 0.2) is 12.1 Å². The number of nitrogens with one attached hydrogen (secondary N) is 1. The van der Waals surface area contributed by atoms with Crippen LogP contribution in [0, 0.1) is 18.3 Å². The molecule has 0 aliphatic heterocycles. The maximum atomic E-state index is 7.65. The fourth-order valence-electron chi connectivity index (χ4n) is 2.99. The number of hydrogen-bond donors (Lipinski definition) is 2. The molecule has 0 aromatic carbocycles. The average molecular weight is 274 g/mol. The summed E-state index contributed by atoms with van der Waals surface area (Å²) in [6, 6.07) is 4.44. The van der Waals surface area contributed by atoms with E-state index in [-0.39, 0.29) is 5.84 Å². The first-order valence-electron chi connectivity index (χ1n) is 7.57. The van der Waals surface area contributed by atoms with E-state index in [1.807, 2.05) is 19.1 Å². The molecule has 0 saturated heterocycles. The van der Waals surface area contributed by atoms with E-state index in [1.54, 1.807) is 0 Å². The number of aryl methyl sites for hydroxylation is 1. The van der Waals surface area contributed by atoms with E-state index in [4.69, 9.17) is 11.1 Å². The third-order valence-corrected chi connectivity index (χ3v) is 3.87. The van der Waals surface area contributed by atoms with Crippen LogP contribution in [0.5, 0.6) is 0 Å². The van der Waals surface area contributed by atoms with Crippen LogP contribution in [-0.4, -0.2) is 23.4 Å². The van der Waals surface area contributed by atoms with Crippen molar-refractivity contribution in [3.05, 3.63) is 23.4 Å². The summed E-state index contributed by atoms with van der Waals surface area (Å²) >= 11 is 0. The molecule has 110 valence electrons. The van der Waals surface area contributed by atoms with Gasteiger partial charge in [-0.1, -0.05) is 26.7 Å². The van der Waals surface area contributed by atoms with E-state index < -0.39 is 0 Å². The molecule has 1 saturated carbocycles. The largest absolute Gasteiger partial charge is 0.384 e. The lowest BCUT2D eigenvalue weighted by atomic mass is 10.1. The van der Waals surface area contributed by atoms with Gasteiger partial charge in [-0.25, -0.2) is 4.98 Å². The molecule has 1 fully saturated rings. The maximum absolute atomic E-state index is 7.65. The Morgan fingerprint density at radius 3 is 2.60 bits per heavy atom. The van der Waals surface area contributed by atoms with E-state index in [9.17, 15) is 0 Å². The van der Waals surface area contributed by atoms with Crippen LogP contribution in [0.1, 0.15) is 50.8 Å². The minimum atomic E-state index is 0.118. The number of pyridine rings is 1. The molecular weight excluding hydrogens is 248 g/mol. The molecule has 3 N–H and O–H groups in total. The van der Waals surface area contributed by atoms with Gasteiger partial charge >= 0.3 is 0 Å². The van der Waals surface area contributed by atoms with Crippen molar-refractivity contribution in [1.82, 2.24) is 4.98 Å². The Morgan fingerprint density at radius 2 is 2.05 bits per heavy atom. The van der Waals surface area contributed by atoms with Gasteiger partial charge in [-0.15, -0.1) is 0 Å². The zero-order chi connectivity index (χ0) is 14.7. The molecule has 1 aliphatic rings. The fourth-order valence-corrected chi connectivity index (χ4v) is 2.99. The fraction of sp³-hybridized carbons (Fsp3) is 0.625. The van der Waals surface area contributed by atoms with Gasteiger partial charge in [-0.3, -0.25) is 5.41 Å². The molecule has 0 bridgehead atoms. The third-order valence-electron chi connectivity index (χ3n) is 3.87. The van der Waals surface area contributed by atoms with Crippen molar-refractivity contribution in [2.75, 3.05) is 11.4 Å². The van der Waals surface area contributed by atoms with Crippen molar-refractivity contribution in [1.29, 1.82) is 5.41 Å². The number of nitrogens with zero attached hydrogens (tertiary/aromatic N) is 2. The summed E-state index contributed by atoms with van der Waals surface area (Å²) in [6.45, 7) is 7.46. The molecule has 1 heterocycles. The molecule has 4 heteroatoms. The lowest BCUT2D eigenvalue weighted by Crippen LogP contribution is -2.37. The predicted molar refractivity (Wildman–Crippen MR) is 84.4 cm³/mol. The quantitative estimate of drug-likeness (QED) is 0.640. The summed E-state index contributed by atoms with van der Waals surface area (Å²) in [5.41, 5.74) is 7.35. The van der Waals surface area contributed by atoms with E-state index in [2.05, 4.69) is 23.7 Å². The maximum Gasteiger partial charge on any atom is 0.129 e. The Labute approximate surface area is 121 Å². The van der Waals surface area contributed by atoms with Crippen molar-refractivity contribution in [2.45, 2.75) is 52.5 Å². The highest BCUT2D eigenvalue weighted by Crippen LogP contribution is 2.28. The lowest BCUT2D eigenvalue weighted by molar-refractivity contribution is 0.531. The van der Waals surface area contributed by atoms with Gasteiger partial charge in [0, 0.05) is 23.8 Å². The third kappa shape index (κ3) is 3.50. The van der Waals surface area contributed by atoms with Gasteiger partial charge in [0.15, 0.2) is 0 Å². The summed E-state index contributed by atoms with van der Waals surface area (Å²) in [6.07, 6.45) is 5.12. The molecule has 0 atom stereocenters. The second-order valence-corrected chi connectivity index (χ2v) is 6.25. The first-order valence-corrected chi connectivity index (χ1v) is 7.57. The first kappa shape index (κ1) is 14.8. The summed E-state index contributed by atoms with van der Waals surface area (Å²) in [5.74, 6) is 1.70. The zero-order valence-corrected chi connectivity index (χ0v) is 12.8. The van der Waals surface area contributed by atoms with Crippen LogP contribution in [0.2, 0.25) is 0 Å². The molecule has 20 heavy (non-hydrogen) atoms. The van der Waals surface area contributed by atoms with Crippen molar-refractivity contribution < 1.29 is 0 Å². The molecule has 2 rings (SSSR count). The Bertz CT molecular complexity index is 475. The van der Waals surface area contributed by atoms with Crippen molar-refractivity contribution in [2.24, 2.45) is 11.7 Å². The smallest absolute Gasteiger partial charge is 0.129 e. The minimum absolute atomic E-state index is 0.118. The Kier molecular flexibility index (Phi) is 4.63. The number of aromatic nitrogens is 1. The van der Waals surface area contributed by atoms with Gasteiger partial charge in [0.05, 0.1) is 0 Å². The van der Waals surface area contributed by atoms with Crippen LogP contribution in [0.25, 0.3) is 0 Å². The predicted octanol–water partition coefficient (Wildman–Crippen LogP) is 3.08. The second-order valence-electron chi connectivity index (χ2n) is 6.25.